The number of ketones is 1. The molecule has 2 aromatic carbocycles. The summed E-state index contributed by atoms with van der Waals surface area (Å²) < 4.78 is 43.9. The minimum atomic E-state index is -1.01. The molecule has 0 saturated carbocycles. The van der Waals surface area contributed by atoms with E-state index in [9.17, 15) is 22.8 Å². The molecule has 1 aliphatic heterocycles. The summed E-state index contributed by atoms with van der Waals surface area (Å²) in [5.74, 6) is -2.84. The Labute approximate surface area is 240 Å². The average Bonchev–Trinajstić information content (AvgIpc) is 3.55. The maximum Gasteiger partial charge on any atom is 0.320 e. The summed E-state index contributed by atoms with van der Waals surface area (Å²) in [6.45, 7) is 6.04. The highest BCUT2D eigenvalue weighted by molar-refractivity contribution is 5.95. The van der Waals surface area contributed by atoms with E-state index in [0.29, 0.717) is 47.0 Å². The zero-order valence-electron chi connectivity index (χ0n) is 23.2. The number of amides is 2. The van der Waals surface area contributed by atoms with Gasteiger partial charge in [-0.1, -0.05) is 38.1 Å². The van der Waals surface area contributed by atoms with Gasteiger partial charge in [-0.05, 0) is 42.8 Å². The molecule has 12 heteroatoms. The summed E-state index contributed by atoms with van der Waals surface area (Å²) in [5.41, 5.74) is 1.99. The van der Waals surface area contributed by atoms with Crippen molar-refractivity contribution in [2.75, 3.05) is 18.4 Å². The van der Waals surface area contributed by atoms with E-state index >= 15 is 0 Å². The van der Waals surface area contributed by atoms with E-state index in [-0.39, 0.29) is 12.1 Å². The summed E-state index contributed by atoms with van der Waals surface area (Å²) in [7, 11) is 0. The number of nitrogens with one attached hydrogen (secondary N) is 2. The number of Topliss-reactive ketones (excluding diaryl/α,β-unsaturated/α-hetero) is 1. The van der Waals surface area contributed by atoms with Crippen LogP contribution in [0.2, 0.25) is 0 Å². The van der Waals surface area contributed by atoms with Crippen molar-refractivity contribution in [2.45, 2.75) is 39.3 Å². The van der Waals surface area contributed by atoms with E-state index in [0.717, 1.165) is 12.1 Å². The Morgan fingerprint density at radius 2 is 1.79 bits per heavy atom. The molecule has 2 atom stereocenters. The van der Waals surface area contributed by atoms with Gasteiger partial charge < -0.3 is 5.32 Å². The van der Waals surface area contributed by atoms with Crippen LogP contribution in [0.3, 0.4) is 0 Å². The summed E-state index contributed by atoms with van der Waals surface area (Å²) in [4.78, 5) is 35.3. The van der Waals surface area contributed by atoms with Crippen molar-refractivity contribution in [2.24, 2.45) is 0 Å². The quantitative estimate of drug-likeness (QED) is 0.258. The van der Waals surface area contributed by atoms with Crippen LogP contribution in [0, 0.1) is 24.4 Å². The fraction of sp³-hybridized carbons (Fsp3) is 0.267. The van der Waals surface area contributed by atoms with Crippen molar-refractivity contribution in [3.63, 3.8) is 0 Å². The van der Waals surface area contributed by atoms with Crippen molar-refractivity contribution < 1.29 is 27.6 Å². The van der Waals surface area contributed by atoms with Crippen LogP contribution >= 0.6 is 0 Å². The highest BCUT2D eigenvalue weighted by atomic mass is 19.2. The minimum absolute atomic E-state index is 0.118. The Bertz CT molecular complexity index is 1630. The van der Waals surface area contributed by atoms with Crippen molar-refractivity contribution >= 4 is 17.6 Å². The topological polar surface area (TPSA) is 101 Å². The lowest BCUT2D eigenvalue weighted by molar-refractivity contribution is -0.144. The predicted octanol–water partition coefficient (Wildman–Crippen LogP) is 5.75. The molecule has 4 aromatic rings. The Morgan fingerprint density at radius 1 is 1.02 bits per heavy atom. The van der Waals surface area contributed by atoms with Crippen LogP contribution in [0.25, 0.3) is 16.9 Å². The molecule has 1 fully saturated rings. The average molecular weight is 579 g/mol. The van der Waals surface area contributed by atoms with Gasteiger partial charge >= 0.3 is 6.03 Å². The number of hydrogen-bond acceptors (Lipinski definition) is 6. The Morgan fingerprint density at radius 3 is 2.45 bits per heavy atom. The highest BCUT2D eigenvalue weighted by Gasteiger charge is 2.36. The molecule has 0 aliphatic carbocycles. The van der Waals surface area contributed by atoms with Gasteiger partial charge in [0.1, 0.15) is 17.6 Å². The first-order valence-electron chi connectivity index (χ1n) is 13.5. The van der Waals surface area contributed by atoms with Gasteiger partial charge in [0.15, 0.2) is 23.2 Å². The van der Waals surface area contributed by atoms with Crippen LogP contribution in [-0.4, -0.2) is 50.8 Å². The van der Waals surface area contributed by atoms with Gasteiger partial charge in [-0.25, -0.2) is 27.6 Å². The summed E-state index contributed by atoms with van der Waals surface area (Å²) >= 11 is 0. The lowest BCUT2D eigenvalue weighted by Gasteiger charge is -2.20. The Hall–Kier alpha value is -4.55. The largest absolute Gasteiger partial charge is 0.331 e. The number of hydroxylamine groups is 2. The number of carbonyl (C=O) groups is 2. The molecule has 1 saturated heterocycles. The number of carbonyl (C=O) groups excluding carboxylic acids is 2. The maximum absolute atomic E-state index is 14.8. The fourth-order valence-electron chi connectivity index (χ4n) is 4.82. The third kappa shape index (κ3) is 5.76. The van der Waals surface area contributed by atoms with Crippen LogP contribution in [0.4, 0.5) is 23.8 Å². The van der Waals surface area contributed by atoms with Crippen LogP contribution < -0.4 is 10.6 Å². The van der Waals surface area contributed by atoms with Gasteiger partial charge in [0.05, 0.1) is 17.4 Å². The standard InChI is InChI=1S/C30H29F3N6O3/c1-4-25(40)27-23(33)14-19(15-34-27)26-17(3)29(39(37-26)20-9-7-6-8-10-20)36-30(41)35-24-16-38(5-2)42-28(24)18-11-12-21(31)22(32)13-18/h6-15,24,28H,4-5,16H2,1-3H3,(H2,35,36,41)/t24-,28+/m1/s1. The maximum atomic E-state index is 14.8. The van der Waals surface area contributed by atoms with Crippen molar-refractivity contribution in [3.05, 3.63) is 95.1 Å². The first-order chi connectivity index (χ1) is 20.2. The van der Waals surface area contributed by atoms with E-state index in [4.69, 9.17) is 4.84 Å². The molecule has 0 radical (unpaired) electrons. The van der Waals surface area contributed by atoms with Crippen molar-refractivity contribution in [1.29, 1.82) is 0 Å². The number of halogens is 3. The normalized spacial score (nSPS) is 16.9. The van der Waals surface area contributed by atoms with Gasteiger partial charge in [-0.2, -0.15) is 10.2 Å². The molecule has 218 valence electrons. The summed E-state index contributed by atoms with van der Waals surface area (Å²) in [6.07, 6.45) is 0.745. The number of pyridine rings is 1. The molecule has 42 heavy (non-hydrogen) atoms. The molecule has 2 aromatic heterocycles. The zero-order chi connectivity index (χ0) is 30.0. The second-order valence-corrected chi connectivity index (χ2v) is 9.79. The first-order valence-corrected chi connectivity index (χ1v) is 13.5. The summed E-state index contributed by atoms with van der Waals surface area (Å²) in [5, 5.41) is 12.0. The van der Waals surface area contributed by atoms with Gasteiger partial charge in [-0.15, -0.1) is 0 Å². The molecular formula is C30H29F3N6O3. The van der Waals surface area contributed by atoms with Crippen LogP contribution in [0.5, 0.6) is 0 Å². The molecule has 5 rings (SSSR count). The molecule has 0 spiro atoms. The number of nitrogens with zero attached hydrogens (tertiary/aromatic N) is 4. The number of benzene rings is 2. The predicted molar refractivity (Wildman–Crippen MR) is 149 cm³/mol. The van der Waals surface area contributed by atoms with Crippen LogP contribution in [0.15, 0.2) is 60.8 Å². The van der Waals surface area contributed by atoms with E-state index in [2.05, 4.69) is 20.7 Å². The second kappa shape index (κ2) is 12.1. The molecule has 0 bridgehead atoms. The highest BCUT2D eigenvalue weighted by Crippen LogP contribution is 2.32. The fourth-order valence-corrected chi connectivity index (χ4v) is 4.82. The smallest absolute Gasteiger partial charge is 0.320 e. The molecule has 9 nitrogen and oxygen atoms in total. The number of aromatic nitrogens is 3. The molecule has 2 amide bonds. The summed E-state index contributed by atoms with van der Waals surface area (Å²) in [6, 6.07) is 12.6. The van der Waals surface area contributed by atoms with Gasteiger partial charge in [-0.3, -0.25) is 14.9 Å². The monoisotopic (exact) mass is 578 g/mol. The van der Waals surface area contributed by atoms with Crippen molar-refractivity contribution in [3.8, 4) is 16.9 Å². The molecular weight excluding hydrogens is 549 g/mol. The Kier molecular flexibility index (Phi) is 8.36. The zero-order valence-corrected chi connectivity index (χ0v) is 23.2. The number of urea groups is 1. The molecule has 3 heterocycles. The lowest BCUT2D eigenvalue weighted by Crippen LogP contribution is -2.42. The lowest BCUT2D eigenvalue weighted by atomic mass is 10.0. The number of likely N-dealkylation sites (N-methyl/N-ethyl adjacent to an activating group) is 1. The SMILES string of the molecule is CCC(=O)c1ncc(-c2nn(-c3ccccc3)c(NC(=O)N[C@@H]3CN(CC)O[C@H]3c3ccc(F)c(F)c3)c2C)cc1F. The van der Waals surface area contributed by atoms with Gasteiger partial charge in [0, 0.05) is 36.8 Å². The number of hydrogen-bond donors (Lipinski definition) is 2. The first kappa shape index (κ1) is 29.0. The third-order valence-corrected chi connectivity index (χ3v) is 7.02. The molecule has 0 unspecified atom stereocenters. The van der Waals surface area contributed by atoms with E-state index < -0.39 is 41.4 Å². The number of para-hydroxylation sites is 1. The Balaban J connectivity index is 1.46. The molecule has 2 N–H and O–H groups in total. The second-order valence-electron chi connectivity index (χ2n) is 9.79. The molecule has 1 aliphatic rings. The minimum Gasteiger partial charge on any atom is -0.331 e. The number of anilines is 1. The van der Waals surface area contributed by atoms with Crippen molar-refractivity contribution in [1.82, 2.24) is 25.1 Å². The van der Waals surface area contributed by atoms with E-state index in [1.165, 1.54) is 23.0 Å². The van der Waals surface area contributed by atoms with Crippen LogP contribution in [-0.2, 0) is 4.84 Å². The van der Waals surface area contributed by atoms with E-state index in [1.807, 2.05) is 25.1 Å². The number of rotatable bonds is 8. The van der Waals surface area contributed by atoms with Crippen LogP contribution in [0.1, 0.15) is 48.0 Å². The third-order valence-electron chi connectivity index (χ3n) is 7.02. The van der Waals surface area contributed by atoms with E-state index in [1.54, 1.807) is 31.0 Å². The van der Waals surface area contributed by atoms with Gasteiger partial charge in [0.25, 0.3) is 0 Å². The van der Waals surface area contributed by atoms with Gasteiger partial charge in [0.2, 0.25) is 0 Å².